The zero-order valence-electron chi connectivity index (χ0n) is 7.63. The van der Waals surface area contributed by atoms with E-state index in [-0.39, 0.29) is 10.7 Å². The Morgan fingerprint density at radius 3 is 2.80 bits per heavy atom. The molecule has 0 aliphatic carbocycles. The van der Waals surface area contributed by atoms with Gasteiger partial charge in [-0.05, 0) is 12.1 Å². The summed E-state index contributed by atoms with van der Waals surface area (Å²) >= 11 is 11.2. The molecule has 0 atom stereocenters. The molecule has 1 aromatic rings. The number of nitrogens with one attached hydrogen (secondary N) is 1. The number of halogens is 2. The van der Waals surface area contributed by atoms with Gasteiger partial charge in [0.1, 0.15) is 11.0 Å². The summed E-state index contributed by atoms with van der Waals surface area (Å²) < 4.78 is 0. The summed E-state index contributed by atoms with van der Waals surface area (Å²) in [5, 5.41) is 12.0. The van der Waals surface area contributed by atoms with Gasteiger partial charge in [0.15, 0.2) is 0 Å². The highest BCUT2D eigenvalue weighted by molar-refractivity contribution is 6.30. The van der Waals surface area contributed by atoms with Crippen LogP contribution < -0.4 is 5.32 Å². The second-order valence-electron chi connectivity index (χ2n) is 2.74. The molecule has 0 fully saturated rings. The van der Waals surface area contributed by atoms with Crippen LogP contribution in [-0.4, -0.2) is 22.6 Å². The Kier molecular flexibility index (Phi) is 3.94. The van der Waals surface area contributed by atoms with Crippen LogP contribution in [0.15, 0.2) is 23.7 Å². The van der Waals surface area contributed by atoms with Crippen molar-refractivity contribution in [2.75, 3.05) is 11.9 Å². The Morgan fingerprint density at radius 2 is 2.27 bits per heavy atom. The van der Waals surface area contributed by atoms with Crippen molar-refractivity contribution in [3.63, 3.8) is 0 Å². The molecule has 4 nitrogen and oxygen atoms in total. The molecule has 0 saturated heterocycles. The molecule has 0 aromatic carbocycles. The number of nitrogens with zero attached hydrogens (tertiary/aromatic N) is 1. The number of rotatable bonds is 4. The van der Waals surface area contributed by atoms with Gasteiger partial charge in [0.25, 0.3) is 0 Å². The van der Waals surface area contributed by atoms with Gasteiger partial charge in [-0.1, -0.05) is 29.8 Å². The standard InChI is InChI=1S/C9H8Cl2N2O2/c1-5(10)4-12-8-3-6(9(14)15)2-7(11)13-8/h2-3H,1,4H2,(H,12,13)(H,14,15). The molecule has 2 N–H and O–H groups in total. The van der Waals surface area contributed by atoms with E-state index in [9.17, 15) is 4.79 Å². The van der Waals surface area contributed by atoms with Crippen molar-refractivity contribution in [3.8, 4) is 0 Å². The Balaban J connectivity index is 2.88. The van der Waals surface area contributed by atoms with E-state index in [0.29, 0.717) is 17.4 Å². The highest BCUT2D eigenvalue weighted by Gasteiger charge is 2.07. The first kappa shape index (κ1) is 11.8. The number of aromatic nitrogens is 1. The number of hydrogen-bond acceptors (Lipinski definition) is 3. The molecule has 0 radical (unpaired) electrons. The van der Waals surface area contributed by atoms with E-state index < -0.39 is 5.97 Å². The third-order valence-corrected chi connectivity index (χ3v) is 1.83. The summed E-state index contributed by atoms with van der Waals surface area (Å²) in [5.74, 6) is -0.714. The molecule has 0 saturated carbocycles. The number of carboxylic acid groups (broad SMARTS) is 1. The van der Waals surface area contributed by atoms with E-state index in [2.05, 4.69) is 16.9 Å². The molecular formula is C9H8Cl2N2O2. The van der Waals surface area contributed by atoms with E-state index in [1.54, 1.807) is 0 Å². The molecular weight excluding hydrogens is 239 g/mol. The van der Waals surface area contributed by atoms with E-state index in [0.717, 1.165) is 0 Å². The van der Waals surface area contributed by atoms with Crippen LogP contribution in [0.2, 0.25) is 5.15 Å². The van der Waals surface area contributed by atoms with Crippen LogP contribution in [0.3, 0.4) is 0 Å². The van der Waals surface area contributed by atoms with Gasteiger partial charge in [-0.3, -0.25) is 0 Å². The number of anilines is 1. The van der Waals surface area contributed by atoms with Gasteiger partial charge in [-0.15, -0.1) is 0 Å². The first-order chi connectivity index (χ1) is 6.99. The maximum Gasteiger partial charge on any atom is 0.335 e. The predicted molar refractivity (Wildman–Crippen MR) is 59.7 cm³/mol. The van der Waals surface area contributed by atoms with Crippen molar-refractivity contribution in [1.29, 1.82) is 0 Å². The first-order valence-corrected chi connectivity index (χ1v) is 4.72. The number of hydrogen-bond donors (Lipinski definition) is 2. The quantitative estimate of drug-likeness (QED) is 0.802. The molecule has 0 aliphatic rings. The SMILES string of the molecule is C=C(Cl)CNc1cc(C(=O)O)cc(Cl)n1. The molecule has 80 valence electrons. The molecule has 0 unspecified atom stereocenters. The van der Waals surface area contributed by atoms with E-state index in [1.165, 1.54) is 12.1 Å². The van der Waals surface area contributed by atoms with Crippen LogP contribution >= 0.6 is 23.2 Å². The van der Waals surface area contributed by atoms with Crippen molar-refractivity contribution < 1.29 is 9.90 Å². The lowest BCUT2D eigenvalue weighted by Crippen LogP contribution is -2.05. The Bertz CT molecular complexity index is 407. The van der Waals surface area contributed by atoms with Crippen LogP contribution in [0.5, 0.6) is 0 Å². The lowest BCUT2D eigenvalue weighted by Gasteiger charge is -2.05. The monoisotopic (exact) mass is 246 g/mol. The van der Waals surface area contributed by atoms with Crippen molar-refractivity contribution in [2.24, 2.45) is 0 Å². The molecule has 1 rings (SSSR count). The zero-order chi connectivity index (χ0) is 11.4. The minimum absolute atomic E-state index is 0.0673. The zero-order valence-corrected chi connectivity index (χ0v) is 9.14. The van der Waals surface area contributed by atoms with Gasteiger partial charge >= 0.3 is 5.97 Å². The van der Waals surface area contributed by atoms with Crippen LogP contribution in [0.4, 0.5) is 5.82 Å². The molecule has 0 aliphatic heterocycles. The fourth-order valence-electron chi connectivity index (χ4n) is 0.897. The Labute approximate surface area is 96.5 Å². The topological polar surface area (TPSA) is 62.2 Å². The minimum Gasteiger partial charge on any atom is -0.478 e. The van der Waals surface area contributed by atoms with Crippen molar-refractivity contribution >= 4 is 35.0 Å². The third-order valence-electron chi connectivity index (χ3n) is 1.50. The summed E-state index contributed by atoms with van der Waals surface area (Å²) in [6.45, 7) is 3.78. The molecule has 1 heterocycles. The molecule has 1 aromatic heterocycles. The third kappa shape index (κ3) is 3.77. The molecule has 0 amide bonds. The number of carboxylic acids is 1. The van der Waals surface area contributed by atoms with Crippen LogP contribution in [0.1, 0.15) is 10.4 Å². The summed E-state index contributed by atoms with van der Waals surface area (Å²) in [6.07, 6.45) is 0. The number of carbonyl (C=O) groups is 1. The molecule has 0 spiro atoms. The van der Waals surface area contributed by atoms with Crippen LogP contribution in [0, 0.1) is 0 Å². The van der Waals surface area contributed by atoms with E-state index >= 15 is 0 Å². The maximum atomic E-state index is 10.7. The fraction of sp³-hybridized carbons (Fsp3) is 0.111. The summed E-state index contributed by atoms with van der Waals surface area (Å²) in [4.78, 5) is 14.6. The summed E-state index contributed by atoms with van der Waals surface area (Å²) in [7, 11) is 0. The molecule has 0 bridgehead atoms. The van der Waals surface area contributed by atoms with Crippen LogP contribution in [-0.2, 0) is 0 Å². The minimum atomic E-state index is -1.06. The van der Waals surface area contributed by atoms with Gasteiger partial charge in [-0.2, -0.15) is 0 Å². The molecule has 6 heteroatoms. The van der Waals surface area contributed by atoms with Gasteiger partial charge in [0.05, 0.1) is 12.1 Å². The Morgan fingerprint density at radius 1 is 1.60 bits per heavy atom. The van der Waals surface area contributed by atoms with Crippen molar-refractivity contribution in [1.82, 2.24) is 4.98 Å². The smallest absolute Gasteiger partial charge is 0.335 e. The number of aromatic carboxylic acids is 1. The van der Waals surface area contributed by atoms with Crippen LogP contribution in [0.25, 0.3) is 0 Å². The van der Waals surface area contributed by atoms with Gasteiger partial charge in [0, 0.05) is 5.03 Å². The largest absolute Gasteiger partial charge is 0.478 e. The summed E-state index contributed by atoms with van der Waals surface area (Å²) in [6, 6.07) is 2.64. The van der Waals surface area contributed by atoms with E-state index in [1.807, 2.05) is 0 Å². The number of pyridine rings is 1. The van der Waals surface area contributed by atoms with Gasteiger partial charge in [0.2, 0.25) is 0 Å². The lowest BCUT2D eigenvalue weighted by atomic mass is 10.2. The second kappa shape index (κ2) is 5.00. The molecule has 15 heavy (non-hydrogen) atoms. The average molecular weight is 247 g/mol. The predicted octanol–water partition coefficient (Wildman–Crippen LogP) is 2.60. The fourth-order valence-corrected chi connectivity index (χ4v) is 1.17. The normalized spacial score (nSPS) is 9.73. The van der Waals surface area contributed by atoms with Gasteiger partial charge < -0.3 is 10.4 Å². The highest BCUT2D eigenvalue weighted by Crippen LogP contribution is 2.15. The average Bonchev–Trinajstić information content (AvgIpc) is 2.13. The lowest BCUT2D eigenvalue weighted by molar-refractivity contribution is 0.0697. The Hall–Kier alpha value is -1.26. The van der Waals surface area contributed by atoms with Crippen molar-refractivity contribution in [2.45, 2.75) is 0 Å². The van der Waals surface area contributed by atoms with Gasteiger partial charge in [-0.25, -0.2) is 9.78 Å². The summed E-state index contributed by atoms with van der Waals surface area (Å²) in [5.41, 5.74) is 0.0673. The van der Waals surface area contributed by atoms with Crippen molar-refractivity contribution in [3.05, 3.63) is 34.5 Å². The first-order valence-electron chi connectivity index (χ1n) is 3.97. The highest BCUT2D eigenvalue weighted by atomic mass is 35.5. The maximum absolute atomic E-state index is 10.7. The van der Waals surface area contributed by atoms with E-state index in [4.69, 9.17) is 28.3 Å². The second-order valence-corrected chi connectivity index (χ2v) is 3.66.